The Hall–Kier alpha value is -2.96. The van der Waals surface area contributed by atoms with Crippen LogP contribution in [-0.4, -0.2) is 30.2 Å². The lowest BCUT2D eigenvalue weighted by atomic mass is 10.3. The van der Waals surface area contributed by atoms with Crippen molar-refractivity contribution >= 4 is 11.6 Å². The van der Waals surface area contributed by atoms with Crippen LogP contribution < -0.4 is 5.32 Å². The van der Waals surface area contributed by atoms with E-state index in [1.807, 2.05) is 33.0 Å². The summed E-state index contributed by atoms with van der Waals surface area (Å²) < 4.78 is 3.48. The third kappa shape index (κ3) is 2.73. The van der Waals surface area contributed by atoms with Crippen molar-refractivity contribution in [2.75, 3.05) is 5.32 Å². The number of nitrogens with zero attached hydrogens (tertiary/aromatic N) is 5. The van der Waals surface area contributed by atoms with E-state index in [-0.39, 0.29) is 5.91 Å². The van der Waals surface area contributed by atoms with Gasteiger partial charge in [-0.25, -0.2) is 14.6 Å². The van der Waals surface area contributed by atoms with Gasteiger partial charge in [-0.05, 0) is 32.0 Å². The van der Waals surface area contributed by atoms with Crippen LogP contribution in [0.1, 0.15) is 21.9 Å². The zero-order chi connectivity index (χ0) is 15.7. The van der Waals surface area contributed by atoms with Gasteiger partial charge in [-0.1, -0.05) is 0 Å². The number of carbonyl (C=O) groups is 1. The fourth-order valence-electron chi connectivity index (χ4n) is 2.17. The summed E-state index contributed by atoms with van der Waals surface area (Å²) >= 11 is 0. The number of pyridine rings is 1. The molecule has 22 heavy (non-hydrogen) atoms. The Balaban J connectivity index is 1.77. The van der Waals surface area contributed by atoms with Crippen LogP contribution in [0.2, 0.25) is 0 Å². The lowest BCUT2D eigenvalue weighted by molar-refractivity contribution is 0.102. The number of aromatic nitrogens is 5. The molecule has 0 radical (unpaired) electrons. The number of amides is 1. The van der Waals surface area contributed by atoms with Gasteiger partial charge in [-0.3, -0.25) is 4.79 Å². The first-order chi connectivity index (χ1) is 10.5. The Bertz CT molecular complexity index is 815. The second-order valence-electron chi connectivity index (χ2n) is 5.12. The molecule has 0 aliphatic rings. The van der Waals surface area contributed by atoms with Gasteiger partial charge in [0.15, 0.2) is 5.82 Å². The van der Waals surface area contributed by atoms with Crippen molar-refractivity contribution in [2.45, 2.75) is 13.8 Å². The van der Waals surface area contributed by atoms with E-state index in [0.29, 0.717) is 17.2 Å². The van der Waals surface area contributed by atoms with E-state index >= 15 is 0 Å². The molecule has 3 aromatic heterocycles. The van der Waals surface area contributed by atoms with Gasteiger partial charge in [0.1, 0.15) is 5.69 Å². The highest BCUT2D eigenvalue weighted by Crippen LogP contribution is 2.13. The molecule has 1 amide bonds. The van der Waals surface area contributed by atoms with E-state index in [0.717, 1.165) is 11.4 Å². The van der Waals surface area contributed by atoms with Gasteiger partial charge in [0.25, 0.3) is 5.91 Å². The Morgan fingerprint density at radius 2 is 2.05 bits per heavy atom. The van der Waals surface area contributed by atoms with Gasteiger partial charge in [0.05, 0.1) is 23.9 Å². The van der Waals surface area contributed by atoms with Crippen molar-refractivity contribution in [1.82, 2.24) is 24.3 Å². The zero-order valence-corrected chi connectivity index (χ0v) is 12.6. The molecular formula is C15H16N6O. The highest BCUT2D eigenvalue weighted by Gasteiger charge is 2.10. The van der Waals surface area contributed by atoms with Gasteiger partial charge in [0.2, 0.25) is 0 Å². The van der Waals surface area contributed by atoms with E-state index in [1.165, 1.54) is 0 Å². The topological polar surface area (TPSA) is 77.6 Å². The van der Waals surface area contributed by atoms with Crippen molar-refractivity contribution in [1.29, 1.82) is 0 Å². The standard InChI is InChI=1S/C15H16N6O/c1-10-6-11(2)21(19-10)14-5-4-12(7-16-14)18-15(22)13-8-20(3)9-17-13/h4-9H,1-3H3,(H,18,22). The quantitative estimate of drug-likeness (QED) is 0.800. The van der Waals surface area contributed by atoms with E-state index in [1.54, 1.807) is 34.0 Å². The number of rotatable bonds is 3. The molecule has 3 rings (SSSR count). The van der Waals surface area contributed by atoms with Crippen LogP contribution in [0, 0.1) is 13.8 Å². The van der Waals surface area contributed by atoms with Gasteiger partial charge < -0.3 is 9.88 Å². The molecule has 0 spiro atoms. The maximum absolute atomic E-state index is 12.0. The molecule has 0 saturated carbocycles. The second kappa shape index (κ2) is 5.44. The second-order valence-corrected chi connectivity index (χ2v) is 5.12. The van der Waals surface area contributed by atoms with Crippen LogP contribution in [0.5, 0.6) is 0 Å². The monoisotopic (exact) mass is 296 g/mol. The lowest BCUT2D eigenvalue weighted by Gasteiger charge is -2.06. The van der Waals surface area contributed by atoms with Gasteiger partial charge >= 0.3 is 0 Å². The van der Waals surface area contributed by atoms with E-state index in [4.69, 9.17) is 0 Å². The molecule has 0 unspecified atom stereocenters. The van der Waals surface area contributed by atoms with E-state index < -0.39 is 0 Å². The summed E-state index contributed by atoms with van der Waals surface area (Å²) in [6, 6.07) is 5.59. The smallest absolute Gasteiger partial charge is 0.275 e. The predicted octanol–water partition coefficient (Wildman–Crippen LogP) is 1.87. The summed E-state index contributed by atoms with van der Waals surface area (Å²) in [4.78, 5) is 20.4. The fraction of sp³-hybridized carbons (Fsp3) is 0.200. The average molecular weight is 296 g/mol. The van der Waals surface area contributed by atoms with Crippen LogP contribution in [0.4, 0.5) is 5.69 Å². The summed E-state index contributed by atoms with van der Waals surface area (Å²) in [5.74, 6) is 0.447. The van der Waals surface area contributed by atoms with Crippen LogP contribution in [-0.2, 0) is 7.05 Å². The molecule has 7 nitrogen and oxygen atoms in total. The summed E-state index contributed by atoms with van der Waals surface area (Å²) in [5.41, 5.74) is 2.92. The minimum atomic E-state index is -0.263. The maximum Gasteiger partial charge on any atom is 0.275 e. The van der Waals surface area contributed by atoms with Crippen molar-refractivity contribution in [2.24, 2.45) is 7.05 Å². The molecular weight excluding hydrogens is 280 g/mol. The van der Waals surface area contributed by atoms with Crippen LogP contribution >= 0.6 is 0 Å². The minimum absolute atomic E-state index is 0.263. The number of carbonyl (C=O) groups excluding carboxylic acids is 1. The molecule has 0 aliphatic heterocycles. The third-order valence-electron chi connectivity index (χ3n) is 3.17. The summed E-state index contributed by atoms with van der Waals surface area (Å²) in [7, 11) is 1.81. The van der Waals surface area contributed by atoms with Crippen LogP contribution in [0.15, 0.2) is 36.9 Å². The number of anilines is 1. The number of aryl methyl sites for hydroxylation is 3. The number of hydrogen-bond acceptors (Lipinski definition) is 4. The van der Waals surface area contributed by atoms with Crippen molar-refractivity contribution in [3.05, 3.63) is 54.0 Å². The molecule has 0 aliphatic carbocycles. The van der Waals surface area contributed by atoms with Crippen molar-refractivity contribution in [3.8, 4) is 5.82 Å². The molecule has 0 fully saturated rings. The van der Waals surface area contributed by atoms with Crippen LogP contribution in [0.3, 0.4) is 0 Å². The predicted molar refractivity (Wildman–Crippen MR) is 82.0 cm³/mol. The summed E-state index contributed by atoms with van der Waals surface area (Å²) in [6.07, 6.45) is 4.85. The lowest BCUT2D eigenvalue weighted by Crippen LogP contribution is -2.13. The molecule has 0 atom stereocenters. The molecule has 0 aromatic carbocycles. The Morgan fingerprint density at radius 1 is 1.23 bits per heavy atom. The summed E-state index contributed by atoms with van der Waals surface area (Å²) in [6.45, 7) is 3.91. The van der Waals surface area contributed by atoms with Gasteiger partial charge in [0, 0.05) is 18.9 Å². The molecule has 3 heterocycles. The highest BCUT2D eigenvalue weighted by atomic mass is 16.1. The van der Waals surface area contributed by atoms with E-state index in [2.05, 4.69) is 20.4 Å². The Kier molecular flexibility index (Phi) is 3.46. The highest BCUT2D eigenvalue weighted by molar-refractivity contribution is 6.02. The molecule has 0 bridgehead atoms. The first-order valence-corrected chi connectivity index (χ1v) is 6.82. The average Bonchev–Trinajstić information content (AvgIpc) is 3.05. The Morgan fingerprint density at radius 3 is 2.59 bits per heavy atom. The maximum atomic E-state index is 12.0. The van der Waals surface area contributed by atoms with Crippen LogP contribution in [0.25, 0.3) is 5.82 Å². The fourth-order valence-corrected chi connectivity index (χ4v) is 2.17. The molecule has 7 heteroatoms. The number of nitrogens with one attached hydrogen (secondary N) is 1. The minimum Gasteiger partial charge on any atom is -0.340 e. The normalized spacial score (nSPS) is 10.7. The molecule has 1 N–H and O–H groups in total. The van der Waals surface area contributed by atoms with Crippen molar-refractivity contribution < 1.29 is 4.79 Å². The third-order valence-corrected chi connectivity index (χ3v) is 3.17. The first-order valence-electron chi connectivity index (χ1n) is 6.82. The summed E-state index contributed by atoms with van der Waals surface area (Å²) in [5, 5.41) is 7.14. The zero-order valence-electron chi connectivity index (χ0n) is 12.6. The molecule has 3 aromatic rings. The molecule has 112 valence electrons. The number of imidazole rings is 1. The molecule has 0 saturated heterocycles. The van der Waals surface area contributed by atoms with Gasteiger partial charge in [-0.15, -0.1) is 0 Å². The van der Waals surface area contributed by atoms with E-state index in [9.17, 15) is 4.79 Å². The largest absolute Gasteiger partial charge is 0.340 e. The Labute approximate surface area is 127 Å². The number of hydrogen-bond donors (Lipinski definition) is 1. The first kappa shape index (κ1) is 14.0. The van der Waals surface area contributed by atoms with Crippen molar-refractivity contribution in [3.63, 3.8) is 0 Å². The SMILES string of the molecule is Cc1cc(C)n(-c2ccc(NC(=O)c3cn(C)cn3)cn2)n1. The van der Waals surface area contributed by atoms with Gasteiger partial charge in [-0.2, -0.15) is 5.10 Å².